The largest absolute Gasteiger partial charge is 0.444 e. The number of ether oxygens (including phenoxy) is 1. The number of carbonyl (C=O) groups is 5. The Kier molecular flexibility index (Phi) is 5.39. The summed E-state index contributed by atoms with van der Waals surface area (Å²) in [6, 6.07) is 4.03. The van der Waals surface area contributed by atoms with Crippen molar-refractivity contribution in [2.75, 3.05) is 31.1 Å². The van der Waals surface area contributed by atoms with Crippen molar-refractivity contribution in [1.82, 2.24) is 15.1 Å². The van der Waals surface area contributed by atoms with Gasteiger partial charge in [-0.2, -0.15) is 0 Å². The third-order valence-electron chi connectivity index (χ3n) is 5.72. The number of carbonyl (C=O) groups excluding carboxylic acids is 5. The molecule has 1 unspecified atom stereocenters. The van der Waals surface area contributed by atoms with Crippen molar-refractivity contribution in [3.8, 4) is 0 Å². The zero-order valence-electron chi connectivity index (χ0n) is 18.3. The Hall–Kier alpha value is -3.43. The lowest BCUT2D eigenvalue weighted by Crippen LogP contribution is -2.54. The van der Waals surface area contributed by atoms with Gasteiger partial charge in [0.1, 0.15) is 11.6 Å². The van der Waals surface area contributed by atoms with Crippen LogP contribution >= 0.6 is 0 Å². The van der Waals surface area contributed by atoms with Gasteiger partial charge in [-0.3, -0.25) is 29.4 Å². The van der Waals surface area contributed by atoms with Crippen LogP contribution in [0.4, 0.5) is 10.5 Å². The summed E-state index contributed by atoms with van der Waals surface area (Å²) in [6.45, 7) is 7.52. The molecule has 1 N–H and O–H groups in total. The molecule has 0 saturated carbocycles. The van der Waals surface area contributed by atoms with Gasteiger partial charge >= 0.3 is 6.09 Å². The summed E-state index contributed by atoms with van der Waals surface area (Å²) >= 11 is 0. The summed E-state index contributed by atoms with van der Waals surface area (Å²) in [4.78, 5) is 66.3. The summed E-state index contributed by atoms with van der Waals surface area (Å²) in [5.41, 5.74) is 0.691. The molecule has 3 heterocycles. The van der Waals surface area contributed by atoms with Crippen molar-refractivity contribution in [1.29, 1.82) is 0 Å². The van der Waals surface area contributed by atoms with E-state index >= 15 is 0 Å². The molecule has 10 heteroatoms. The molecule has 3 aliphatic rings. The van der Waals surface area contributed by atoms with Gasteiger partial charge in [-0.25, -0.2) is 4.79 Å². The fourth-order valence-corrected chi connectivity index (χ4v) is 4.13. The van der Waals surface area contributed by atoms with Crippen LogP contribution in [-0.2, 0) is 14.3 Å². The number of piperazine rings is 1. The monoisotopic (exact) mass is 444 g/mol. The molecule has 0 aliphatic carbocycles. The molecule has 3 aliphatic heterocycles. The highest BCUT2D eigenvalue weighted by atomic mass is 16.6. The maximum atomic E-state index is 13.0. The van der Waals surface area contributed by atoms with Crippen LogP contribution in [0.5, 0.6) is 0 Å². The summed E-state index contributed by atoms with van der Waals surface area (Å²) in [6.07, 6.45) is -0.154. The Morgan fingerprint density at radius 3 is 2.31 bits per heavy atom. The van der Waals surface area contributed by atoms with Crippen LogP contribution in [0.25, 0.3) is 0 Å². The van der Waals surface area contributed by atoms with E-state index in [0.717, 1.165) is 10.6 Å². The van der Waals surface area contributed by atoms with Gasteiger partial charge in [0.05, 0.1) is 11.1 Å². The van der Waals surface area contributed by atoms with Crippen molar-refractivity contribution in [2.45, 2.75) is 45.3 Å². The maximum absolute atomic E-state index is 13.0. The number of imide groups is 2. The molecule has 1 aromatic carbocycles. The number of rotatable bonds is 2. The van der Waals surface area contributed by atoms with E-state index < -0.39 is 35.3 Å². The number of hydrogen-bond acceptors (Lipinski definition) is 7. The number of fused-ring (bicyclic) bond motifs is 1. The number of benzene rings is 1. The van der Waals surface area contributed by atoms with Crippen LogP contribution < -0.4 is 10.2 Å². The van der Waals surface area contributed by atoms with Gasteiger partial charge < -0.3 is 14.5 Å². The molecule has 1 aromatic rings. The van der Waals surface area contributed by atoms with Crippen LogP contribution in [0, 0.1) is 0 Å². The third-order valence-corrected chi connectivity index (χ3v) is 5.72. The van der Waals surface area contributed by atoms with E-state index in [1.165, 1.54) is 0 Å². The minimum absolute atomic E-state index is 0. The molecular formula is C22H28N4O6. The maximum Gasteiger partial charge on any atom is 0.410 e. The Labute approximate surface area is 186 Å². The van der Waals surface area contributed by atoms with Gasteiger partial charge in [0.25, 0.3) is 11.8 Å². The van der Waals surface area contributed by atoms with E-state index in [9.17, 15) is 24.0 Å². The quantitative estimate of drug-likeness (QED) is 0.685. The zero-order valence-corrected chi connectivity index (χ0v) is 18.3. The molecule has 1 atom stereocenters. The smallest absolute Gasteiger partial charge is 0.410 e. The summed E-state index contributed by atoms with van der Waals surface area (Å²) in [5.74, 6) is -2.10. The summed E-state index contributed by atoms with van der Waals surface area (Å²) in [5, 5.41) is 2.19. The normalized spacial score (nSPS) is 21.6. The number of hydrogen-bond donors (Lipinski definition) is 1. The predicted octanol–water partition coefficient (Wildman–Crippen LogP) is 1.39. The fourth-order valence-electron chi connectivity index (χ4n) is 4.13. The van der Waals surface area contributed by atoms with E-state index in [-0.39, 0.29) is 31.5 Å². The Bertz CT molecular complexity index is 1010. The molecule has 172 valence electrons. The highest BCUT2D eigenvalue weighted by molar-refractivity contribution is 6.23. The van der Waals surface area contributed by atoms with Crippen LogP contribution in [0.2, 0.25) is 0 Å². The van der Waals surface area contributed by atoms with Gasteiger partial charge in [0, 0.05) is 39.7 Å². The number of nitrogens with zero attached hydrogens (tertiary/aromatic N) is 3. The summed E-state index contributed by atoms with van der Waals surface area (Å²) < 4.78 is 5.42. The lowest BCUT2D eigenvalue weighted by Gasteiger charge is -2.36. The van der Waals surface area contributed by atoms with Crippen molar-refractivity contribution >= 4 is 35.4 Å². The average molecular weight is 444 g/mol. The number of anilines is 1. The zero-order chi connectivity index (χ0) is 23.2. The number of nitrogens with one attached hydrogen (secondary N) is 1. The van der Waals surface area contributed by atoms with Crippen molar-refractivity contribution in [3.63, 3.8) is 0 Å². The lowest BCUT2D eigenvalue weighted by atomic mass is 10.0. The lowest BCUT2D eigenvalue weighted by molar-refractivity contribution is -0.136. The second-order valence-corrected chi connectivity index (χ2v) is 9.13. The van der Waals surface area contributed by atoms with Gasteiger partial charge in [0.2, 0.25) is 11.8 Å². The first-order valence-electron chi connectivity index (χ1n) is 10.6. The molecule has 0 spiro atoms. The second-order valence-electron chi connectivity index (χ2n) is 9.13. The van der Waals surface area contributed by atoms with Crippen molar-refractivity contribution in [3.05, 3.63) is 29.3 Å². The topological polar surface area (TPSA) is 116 Å². The number of amides is 5. The van der Waals surface area contributed by atoms with Crippen LogP contribution in [0.1, 0.15) is 55.8 Å². The molecule has 0 bridgehead atoms. The molecule has 32 heavy (non-hydrogen) atoms. The van der Waals surface area contributed by atoms with E-state index in [4.69, 9.17) is 4.74 Å². The van der Waals surface area contributed by atoms with Crippen molar-refractivity contribution in [2.24, 2.45) is 0 Å². The fraction of sp³-hybridized carbons (Fsp3) is 0.500. The first-order chi connectivity index (χ1) is 15.0. The molecule has 5 amide bonds. The van der Waals surface area contributed by atoms with E-state index in [1.807, 2.05) is 25.7 Å². The minimum atomic E-state index is -0.985. The van der Waals surface area contributed by atoms with Crippen LogP contribution in [-0.4, -0.2) is 77.3 Å². The molecule has 10 nitrogen and oxygen atoms in total. The van der Waals surface area contributed by atoms with Crippen LogP contribution in [0.3, 0.4) is 0 Å². The average Bonchev–Trinajstić information content (AvgIpc) is 2.97. The standard InChI is InChI=1S/C22H26N4O6.H2/c1-22(2,3)32-21(31)25-10-8-24(9-11-25)13-4-5-14-15(12-13)20(30)26(19(14)29)16-6-7-17(27)23-18(16)28;/h4-5,12,16H,6-11H2,1-3H3,(H,23,27,28);1H. The van der Waals surface area contributed by atoms with Gasteiger partial charge in [-0.05, 0) is 45.4 Å². The van der Waals surface area contributed by atoms with Gasteiger partial charge in [0.15, 0.2) is 0 Å². The first kappa shape index (κ1) is 21.8. The molecule has 2 fully saturated rings. The SMILES string of the molecule is CC(C)(C)OC(=O)N1CCN(c2ccc3c(c2)C(=O)N(C2CCC(=O)NC2=O)C3=O)CC1.[HH]. The Morgan fingerprint density at radius 2 is 1.69 bits per heavy atom. The minimum Gasteiger partial charge on any atom is -0.444 e. The van der Waals surface area contributed by atoms with E-state index in [2.05, 4.69) is 5.32 Å². The summed E-state index contributed by atoms with van der Waals surface area (Å²) in [7, 11) is 0. The van der Waals surface area contributed by atoms with Crippen molar-refractivity contribution < 1.29 is 30.1 Å². The highest BCUT2D eigenvalue weighted by Gasteiger charge is 2.44. The molecule has 4 rings (SSSR count). The Balaban J connectivity index is 0.00000306. The van der Waals surface area contributed by atoms with E-state index in [0.29, 0.717) is 26.2 Å². The molecule has 0 aromatic heterocycles. The predicted molar refractivity (Wildman–Crippen MR) is 115 cm³/mol. The number of piperidine rings is 1. The third kappa shape index (κ3) is 4.04. The highest BCUT2D eigenvalue weighted by Crippen LogP contribution is 2.31. The van der Waals surface area contributed by atoms with Gasteiger partial charge in [-0.1, -0.05) is 0 Å². The van der Waals surface area contributed by atoms with Crippen LogP contribution in [0.15, 0.2) is 18.2 Å². The first-order valence-corrected chi connectivity index (χ1v) is 10.6. The van der Waals surface area contributed by atoms with Gasteiger partial charge in [-0.15, -0.1) is 0 Å². The molecule has 2 saturated heterocycles. The molecule has 0 radical (unpaired) electrons. The second kappa shape index (κ2) is 7.92. The molecular weight excluding hydrogens is 416 g/mol. The Morgan fingerprint density at radius 1 is 1.03 bits per heavy atom. The van der Waals surface area contributed by atoms with E-state index in [1.54, 1.807) is 23.1 Å².